The first-order chi connectivity index (χ1) is 10.6. The molecule has 1 aliphatic heterocycles. The third-order valence-electron chi connectivity index (χ3n) is 3.62. The van der Waals surface area contributed by atoms with Crippen LogP contribution in [0, 0.1) is 0 Å². The third-order valence-corrected chi connectivity index (χ3v) is 4.18. The van der Waals surface area contributed by atoms with Gasteiger partial charge < -0.3 is 10.1 Å². The number of carbonyl (C=O) groups excluding carboxylic acids is 1. The average Bonchev–Trinajstić information content (AvgIpc) is 2.96. The normalized spacial score (nSPS) is 20.8. The topological polar surface area (TPSA) is 51.2 Å². The highest BCUT2D eigenvalue weighted by atomic mass is 35.5. The van der Waals surface area contributed by atoms with Crippen molar-refractivity contribution in [2.75, 3.05) is 6.61 Å². The molecule has 3 rings (SSSR count). The van der Waals surface area contributed by atoms with Crippen molar-refractivity contribution in [1.29, 1.82) is 0 Å². The second kappa shape index (κ2) is 6.65. The van der Waals surface area contributed by atoms with Crippen molar-refractivity contribution in [2.45, 2.75) is 18.6 Å². The highest BCUT2D eigenvalue weighted by Gasteiger charge is 2.31. The Morgan fingerprint density at radius 3 is 2.73 bits per heavy atom. The highest BCUT2D eigenvalue weighted by molar-refractivity contribution is 6.33. The largest absolute Gasteiger partial charge is 0.371 e. The molecule has 1 saturated heterocycles. The third kappa shape index (κ3) is 3.24. The van der Waals surface area contributed by atoms with Gasteiger partial charge in [0.1, 0.15) is 6.10 Å². The van der Waals surface area contributed by atoms with E-state index in [-0.39, 0.29) is 18.1 Å². The lowest BCUT2D eigenvalue weighted by molar-refractivity contribution is 0.0821. The van der Waals surface area contributed by atoms with Crippen LogP contribution in [0.3, 0.4) is 0 Å². The van der Waals surface area contributed by atoms with Gasteiger partial charge in [-0.3, -0.25) is 9.78 Å². The van der Waals surface area contributed by atoms with Crippen LogP contribution in [0.1, 0.15) is 28.4 Å². The fourth-order valence-electron chi connectivity index (χ4n) is 2.52. The van der Waals surface area contributed by atoms with Crippen LogP contribution < -0.4 is 5.32 Å². The molecule has 0 spiro atoms. The fraction of sp³-hybridized carbons (Fsp3) is 0.250. The quantitative estimate of drug-likeness (QED) is 0.930. The summed E-state index contributed by atoms with van der Waals surface area (Å²) in [7, 11) is 0. The first kappa shape index (κ1) is 15.3. The van der Waals surface area contributed by atoms with Crippen LogP contribution in [0.4, 0.5) is 0 Å². The van der Waals surface area contributed by atoms with Crippen molar-refractivity contribution in [2.24, 2.45) is 0 Å². The minimum atomic E-state index is -0.220. The summed E-state index contributed by atoms with van der Waals surface area (Å²) in [4.78, 5) is 16.2. The van der Waals surface area contributed by atoms with E-state index in [4.69, 9.17) is 27.9 Å². The monoisotopic (exact) mass is 336 g/mol. The summed E-state index contributed by atoms with van der Waals surface area (Å²) in [6, 6.07) is 8.96. The van der Waals surface area contributed by atoms with Gasteiger partial charge in [0.15, 0.2) is 0 Å². The molecule has 6 heteroatoms. The number of aromatic nitrogens is 1. The molecule has 1 aromatic heterocycles. The number of ether oxygens (including phenoxy) is 1. The van der Waals surface area contributed by atoms with Crippen LogP contribution in [0.2, 0.25) is 10.0 Å². The molecular weight excluding hydrogens is 323 g/mol. The fourth-order valence-corrected chi connectivity index (χ4v) is 2.85. The van der Waals surface area contributed by atoms with Gasteiger partial charge in [-0.05, 0) is 30.2 Å². The lowest BCUT2D eigenvalue weighted by Crippen LogP contribution is -2.37. The number of hydrogen-bond donors (Lipinski definition) is 1. The summed E-state index contributed by atoms with van der Waals surface area (Å²) >= 11 is 11.9. The zero-order chi connectivity index (χ0) is 15.5. The second-order valence-electron chi connectivity index (χ2n) is 5.07. The molecule has 1 aromatic carbocycles. The Hall–Kier alpha value is -1.62. The van der Waals surface area contributed by atoms with E-state index in [1.807, 2.05) is 24.3 Å². The van der Waals surface area contributed by atoms with E-state index >= 15 is 0 Å². The second-order valence-corrected chi connectivity index (χ2v) is 5.91. The van der Waals surface area contributed by atoms with Crippen molar-refractivity contribution < 1.29 is 9.53 Å². The summed E-state index contributed by atoms with van der Waals surface area (Å²) < 4.78 is 5.76. The van der Waals surface area contributed by atoms with Crippen molar-refractivity contribution in [3.05, 3.63) is 63.9 Å². The number of hydrogen-bond acceptors (Lipinski definition) is 3. The zero-order valence-electron chi connectivity index (χ0n) is 11.6. The first-order valence-electron chi connectivity index (χ1n) is 6.92. The van der Waals surface area contributed by atoms with Gasteiger partial charge in [-0.15, -0.1) is 0 Å². The van der Waals surface area contributed by atoms with Crippen LogP contribution in [0.5, 0.6) is 0 Å². The molecule has 4 nitrogen and oxygen atoms in total. The molecule has 0 unspecified atom stereocenters. The number of halogens is 2. The summed E-state index contributed by atoms with van der Waals surface area (Å²) in [5.74, 6) is -0.220. The van der Waals surface area contributed by atoms with Gasteiger partial charge in [-0.2, -0.15) is 0 Å². The number of amides is 1. The van der Waals surface area contributed by atoms with E-state index in [0.717, 1.165) is 12.0 Å². The molecule has 0 radical (unpaired) electrons. The molecule has 0 bridgehead atoms. The van der Waals surface area contributed by atoms with Gasteiger partial charge in [0.25, 0.3) is 5.91 Å². The number of nitrogens with one attached hydrogen (secondary N) is 1. The molecular formula is C16H14Cl2N2O2. The maximum absolute atomic E-state index is 12.4. The highest BCUT2D eigenvalue weighted by Crippen LogP contribution is 2.30. The Morgan fingerprint density at radius 2 is 2.00 bits per heavy atom. The molecule has 2 aromatic rings. The average molecular weight is 337 g/mol. The lowest BCUT2D eigenvalue weighted by atomic mass is 10.0. The minimum Gasteiger partial charge on any atom is -0.371 e. The van der Waals surface area contributed by atoms with Crippen LogP contribution in [0.15, 0.2) is 42.7 Å². The molecule has 1 fully saturated rings. The summed E-state index contributed by atoms with van der Waals surface area (Å²) in [5.41, 5.74) is 1.41. The first-order valence-corrected chi connectivity index (χ1v) is 7.68. The molecule has 2 heterocycles. The van der Waals surface area contributed by atoms with Gasteiger partial charge in [-0.25, -0.2) is 0 Å². The number of benzene rings is 1. The van der Waals surface area contributed by atoms with Crippen molar-refractivity contribution in [3.63, 3.8) is 0 Å². The zero-order valence-corrected chi connectivity index (χ0v) is 13.1. The van der Waals surface area contributed by atoms with Crippen LogP contribution in [-0.4, -0.2) is 23.5 Å². The number of rotatable bonds is 3. The summed E-state index contributed by atoms with van der Waals surface area (Å²) in [5, 5.41) is 4.00. The SMILES string of the molecule is O=C(N[C@@H]1CCO[C@@H]1c1ccc(Cl)cc1)c1ccncc1Cl. The molecule has 1 amide bonds. The summed E-state index contributed by atoms with van der Waals surface area (Å²) in [6.45, 7) is 0.600. The Bertz CT molecular complexity index is 676. The maximum atomic E-state index is 12.4. The number of pyridine rings is 1. The summed E-state index contributed by atoms with van der Waals surface area (Å²) in [6.07, 6.45) is 3.57. The predicted octanol–water partition coefficient (Wildman–Crippen LogP) is 3.65. The number of carbonyl (C=O) groups is 1. The molecule has 0 aliphatic carbocycles. The van der Waals surface area contributed by atoms with Gasteiger partial charge in [0.2, 0.25) is 0 Å². The van der Waals surface area contributed by atoms with E-state index < -0.39 is 0 Å². The Kier molecular flexibility index (Phi) is 4.62. The molecule has 22 heavy (non-hydrogen) atoms. The molecule has 1 N–H and O–H groups in total. The molecule has 114 valence electrons. The van der Waals surface area contributed by atoms with Crippen LogP contribution >= 0.6 is 23.2 Å². The predicted molar refractivity (Wildman–Crippen MR) is 85.3 cm³/mol. The molecule has 1 aliphatic rings. The van der Waals surface area contributed by atoms with Gasteiger partial charge in [-0.1, -0.05) is 35.3 Å². The molecule has 2 atom stereocenters. The van der Waals surface area contributed by atoms with Gasteiger partial charge in [0, 0.05) is 24.0 Å². The Labute approximate surface area is 138 Å². The standard InChI is InChI=1S/C16H14Cl2N2O2/c17-11-3-1-10(2-4-11)15-14(6-8-22-15)20-16(21)12-5-7-19-9-13(12)18/h1-5,7,9,14-15H,6,8H2,(H,20,21)/t14-,15-/m1/s1. The van der Waals surface area contributed by atoms with Crippen LogP contribution in [0.25, 0.3) is 0 Å². The lowest BCUT2D eigenvalue weighted by Gasteiger charge is -2.20. The van der Waals surface area contributed by atoms with E-state index in [1.54, 1.807) is 12.3 Å². The van der Waals surface area contributed by atoms with Gasteiger partial charge in [0.05, 0.1) is 16.6 Å². The van der Waals surface area contributed by atoms with E-state index in [2.05, 4.69) is 10.3 Å². The maximum Gasteiger partial charge on any atom is 0.253 e. The van der Waals surface area contributed by atoms with E-state index in [0.29, 0.717) is 22.2 Å². The van der Waals surface area contributed by atoms with E-state index in [1.165, 1.54) is 6.20 Å². The Morgan fingerprint density at radius 1 is 1.23 bits per heavy atom. The van der Waals surface area contributed by atoms with Crippen molar-refractivity contribution in [3.8, 4) is 0 Å². The van der Waals surface area contributed by atoms with Crippen molar-refractivity contribution >= 4 is 29.1 Å². The van der Waals surface area contributed by atoms with Gasteiger partial charge >= 0.3 is 0 Å². The Balaban J connectivity index is 1.75. The smallest absolute Gasteiger partial charge is 0.253 e. The minimum absolute atomic E-state index is 0.0992. The van der Waals surface area contributed by atoms with E-state index in [9.17, 15) is 4.79 Å². The number of nitrogens with zero attached hydrogens (tertiary/aromatic N) is 1. The van der Waals surface area contributed by atoms with Crippen molar-refractivity contribution in [1.82, 2.24) is 10.3 Å². The molecule has 0 saturated carbocycles. The van der Waals surface area contributed by atoms with Crippen LogP contribution in [-0.2, 0) is 4.74 Å².